The van der Waals surface area contributed by atoms with Gasteiger partial charge in [-0.2, -0.15) is 0 Å². The van der Waals surface area contributed by atoms with Crippen molar-refractivity contribution in [1.29, 1.82) is 0 Å². The Labute approximate surface area is 88.6 Å². The molecule has 0 aromatic heterocycles. The number of hydrogen-bond acceptors (Lipinski definition) is 4. The number of carbonyl (C=O) groups excluding carboxylic acids is 1. The zero-order valence-corrected chi connectivity index (χ0v) is 10.1. The number of esters is 1. The average molecular weight is 221 g/mol. The first-order valence-electron chi connectivity index (χ1n) is 4.18. The molecule has 1 radical (unpaired) electrons. The molecule has 0 aliphatic rings. The van der Waals surface area contributed by atoms with E-state index < -0.39 is 0 Å². The normalized spacial score (nSPS) is 11.4. The third kappa shape index (κ3) is 10.1. The molecule has 0 amide bonds. The zero-order chi connectivity index (χ0) is 10.3. The van der Waals surface area contributed by atoms with E-state index in [1.165, 1.54) is 7.11 Å². The molecule has 0 fully saturated rings. The van der Waals surface area contributed by atoms with Crippen LogP contribution in [-0.2, 0) is 9.53 Å². The van der Waals surface area contributed by atoms with Crippen LogP contribution in [0.25, 0.3) is 0 Å². The summed E-state index contributed by atoms with van der Waals surface area (Å²) < 4.78 is 4.58. The predicted molar refractivity (Wildman–Crippen MR) is 60.7 cm³/mol. The lowest BCUT2D eigenvalue weighted by atomic mass is 10.3. The molecule has 0 aromatic carbocycles. The number of rotatable bonds is 6. The van der Waals surface area contributed by atoms with Crippen molar-refractivity contribution in [3.63, 3.8) is 0 Å². The monoisotopic (exact) mass is 221 g/mol. The maximum atomic E-state index is 10.7. The highest BCUT2D eigenvalue weighted by atomic mass is 33.1. The Kier molecular flexibility index (Phi) is 6.68. The van der Waals surface area contributed by atoms with Crippen molar-refractivity contribution >= 4 is 27.6 Å². The number of carbonyl (C=O) groups is 1. The molecule has 0 spiro atoms. The fourth-order valence-electron chi connectivity index (χ4n) is 0.579. The zero-order valence-electron chi connectivity index (χ0n) is 8.46. The minimum Gasteiger partial charge on any atom is -0.469 e. The van der Waals surface area contributed by atoms with Crippen molar-refractivity contribution < 1.29 is 9.53 Å². The fourth-order valence-corrected chi connectivity index (χ4v) is 2.80. The Morgan fingerprint density at radius 1 is 1.54 bits per heavy atom. The van der Waals surface area contributed by atoms with E-state index in [0.717, 1.165) is 12.2 Å². The lowest BCUT2D eigenvalue weighted by Gasteiger charge is -2.15. The van der Waals surface area contributed by atoms with Gasteiger partial charge in [0.2, 0.25) is 0 Å². The van der Waals surface area contributed by atoms with Gasteiger partial charge in [-0.1, -0.05) is 21.6 Å². The van der Waals surface area contributed by atoms with E-state index in [1.54, 1.807) is 21.6 Å². The van der Waals surface area contributed by atoms with Crippen molar-refractivity contribution in [3.8, 4) is 0 Å². The van der Waals surface area contributed by atoms with Gasteiger partial charge in [0.1, 0.15) is 0 Å². The van der Waals surface area contributed by atoms with Crippen LogP contribution in [0.5, 0.6) is 0 Å². The molecule has 0 N–H and O–H groups in total. The van der Waals surface area contributed by atoms with E-state index in [0.29, 0.717) is 6.42 Å². The maximum absolute atomic E-state index is 10.7. The summed E-state index contributed by atoms with van der Waals surface area (Å²) in [6, 6.07) is 0. The molecular weight excluding hydrogens is 204 g/mol. The van der Waals surface area contributed by atoms with Crippen LogP contribution in [0.15, 0.2) is 0 Å². The van der Waals surface area contributed by atoms with E-state index in [2.05, 4.69) is 25.5 Å². The van der Waals surface area contributed by atoms with E-state index in [4.69, 9.17) is 0 Å². The molecular formula is C9H17O2S2. The summed E-state index contributed by atoms with van der Waals surface area (Å²) in [4.78, 5) is 10.7. The Bertz CT molecular complexity index is 152. The highest BCUT2D eigenvalue weighted by Crippen LogP contribution is 2.35. The van der Waals surface area contributed by atoms with Gasteiger partial charge in [0.05, 0.1) is 7.11 Å². The average Bonchev–Trinajstić information content (AvgIpc) is 2.01. The Hall–Kier alpha value is 0.170. The number of hydrogen-bond donors (Lipinski definition) is 0. The highest BCUT2D eigenvalue weighted by Gasteiger charge is 2.10. The predicted octanol–water partition coefficient (Wildman–Crippen LogP) is 2.93. The van der Waals surface area contributed by atoms with E-state index in [-0.39, 0.29) is 10.7 Å². The van der Waals surface area contributed by atoms with Crippen molar-refractivity contribution in [2.45, 2.75) is 31.4 Å². The van der Waals surface area contributed by atoms with Gasteiger partial charge in [-0.25, -0.2) is 0 Å². The standard InChI is InChI=1S/C9H17O2S2/c1-9(2,3)13-12-7-5-6-8(10)11-4/h1,5-7H2,2-4H3. The molecule has 0 aliphatic carbocycles. The van der Waals surface area contributed by atoms with E-state index in [1.807, 2.05) is 0 Å². The van der Waals surface area contributed by atoms with Crippen LogP contribution in [0, 0.1) is 6.92 Å². The van der Waals surface area contributed by atoms with Crippen LogP contribution in [0.2, 0.25) is 0 Å². The van der Waals surface area contributed by atoms with Gasteiger partial charge in [-0.3, -0.25) is 4.79 Å². The fraction of sp³-hybridized carbons (Fsp3) is 0.778. The first kappa shape index (κ1) is 13.2. The van der Waals surface area contributed by atoms with Gasteiger partial charge in [-0.05, 0) is 27.2 Å². The quantitative estimate of drug-likeness (QED) is 0.391. The molecule has 0 unspecified atom stereocenters. The van der Waals surface area contributed by atoms with Gasteiger partial charge in [0.15, 0.2) is 0 Å². The SMILES string of the molecule is [CH2]C(C)(C)SSCCCC(=O)OC. The molecule has 0 atom stereocenters. The van der Waals surface area contributed by atoms with E-state index >= 15 is 0 Å². The molecule has 13 heavy (non-hydrogen) atoms. The third-order valence-corrected chi connectivity index (χ3v) is 4.35. The summed E-state index contributed by atoms with van der Waals surface area (Å²) in [6.45, 7) is 8.12. The smallest absolute Gasteiger partial charge is 0.305 e. The number of ether oxygens (including phenoxy) is 1. The van der Waals surface area contributed by atoms with Gasteiger partial charge in [0, 0.05) is 16.9 Å². The van der Waals surface area contributed by atoms with Crippen LogP contribution in [0.4, 0.5) is 0 Å². The van der Waals surface area contributed by atoms with Crippen LogP contribution >= 0.6 is 21.6 Å². The highest BCUT2D eigenvalue weighted by molar-refractivity contribution is 8.77. The van der Waals surface area contributed by atoms with E-state index in [9.17, 15) is 4.79 Å². The second-order valence-electron chi connectivity index (χ2n) is 3.34. The third-order valence-electron chi connectivity index (χ3n) is 1.12. The summed E-state index contributed by atoms with van der Waals surface area (Å²) in [7, 11) is 4.93. The largest absolute Gasteiger partial charge is 0.469 e. The summed E-state index contributed by atoms with van der Waals surface area (Å²) in [5.41, 5.74) is 0. The molecule has 77 valence electrons. The Morgan fingerprint density at radius 2 is 2.15 bits per heavy atom. The van der Waals surface area contributed by atoms with Crippen LogP contribution in [-0.4, -0.2) is 23.6 Å². The topological polar surface area (TPSA) is 26.3 Å². The summed E-state index contributed by atoms with van der Waals surface area (Å²) in [5, 5.41) is 0. The molecule has 0 heterocycles. The molecule has 2 nitrogen and oxygen atoms in total. The number of methoxy groups -OCH3 is 1. The molecule has 0 rings (SSSR count). The Balaban J connectivity index is 3.22. The first-order chi connectivity index (χ1) is 5.95. The molecule has 0 aromatic rings. The second-order valence-corrected chi connectivity index (χ2v) is 6.47. The minimum absolute atomic E-state index is 0.0515. The minimum atomic E-state index is -0.125. The Morgan fingerprint density at radius 3 is 2.62 bits per heavy atom. The first-order valence-corrected chi connectivity index (χ1v) is 6.50. The summed E-state index contributed by atoms with van der Waals surface area (Å²) in [6.07, 6.45) is 1.39. The molecule has 0 bridgehead atoms. The molecule has 0 aliphatic heterocycles. The van der Waals surface area contributed by atoms with Crippen LogP contribution in [0.3, 0.4) is 0 Å². The second kappa shape index (κ2) is 6.60. The van der Waals surface area contributed by atoms with Crippen molar-refractivity contribution in [2.75, 3.05) is 12.9 Å². The van der Waals surface area contributed by atoms with Gasteiger partial charge in [0.25, 0.3) is 0 Å². The summed E-state index contributed by atoms with van der Waals surface area (Å²) >= 11 is 0. The van der Waals surface area contributed by atoms with Gasteiger partial charge < -0.3 is 4.74 Å². The maximum Gasteiger partial charge on any atom is 0.305 e. The van der Waals surface area contributed by atoms with Crippen molar-refractivity contribution in [1.82, 2.24) is 0 Å². The van der Waals surface area contributed by atoms with Crippen molar-refractivity contribution in [3.05, 3.63) is 6.92 Å². The van der Waals surface area contributed by atoms with Gasteiger partial charge >= 0.3 is 5.97 Å². The van der Waals surface area contributed by atoms with Crippen LogP contribution in [0.1, 0.15) is 26.7 Å². The van der Waals surface area contributed by atoms with Gasteiger partial charge in [-0.15, -0.1) is 0 Å². The lowest BCUT2D eigenvalue weighted by molar-refractivity contribution is -0.140. The molecule has 0 saturated carbocycles. The molecule has 0 saturated heterocycles. The van der Waals surface area contributed by atoms with Crippen LogP contribution < -0.4 is 0 Å². The van der Waals surface area contributed by atoms with Crippen molar-refractivity contribution in [2.24, 2.45) is 0 Å². The molecule has 4 heteroatoms. The summed E-state index contributed by atoms with van der Waals surface area (Å²) in [5.74, 6) is 0.845. The lowest BCUT2D eigenvalue weighted by Crippen LogP contribution is -2.05.